The van der Waals surface area contributed by atoms with Crippen LogP contribution in [0.4, 0.5) is 5.69 Å². The van der Waals surface area contributed by atoms with Gasteiger partial charge in [-0.15, -0.1) is 0 Å². The van der Waals surface area contributed by atoms with E-state index in [1.54, 1.807) is 0 Å². The van der Waals surface area contributed by atoms with E-state index in [0.29, 0.717) is 13.0 Å². The molecule has 0 bridgehead atoms. The smallest absolute Gasteiger partial charge is 0.225 e. The summed E-state index contributed by atoms with van der Waals surface area (Å²) < 4.78 is 25.1. The first-order valence-electron chi connectivity index (χ1n) is 7.23. The van der Waals surface area contributed by atoms with Crippen LogP contribution in [0.3, 0.4) is 0 Å². The van der Waals surface area contributed by atoms with E-state index in [4.69, 9.17) is 0 Å². The van der Waals surface area contributed by atoms with Gasteiger partial charge in [-0.25, -0.2) is 12.7 Å². The SMILES string of the molecule is Cc1ccc(C)c(NC(=O)CCN2CCCCS2(=O)=O)c1. The van der Waals surface area contributed by atoms with E-state index >= 15 is 0 Å². The van der Waals surface area contributed by atoms with Gasteiger partial charge in [0.15, 0.2) is 0 Å². The maximum Gasteiger partial charge on any atom is 0.225 e. The van der Waals surface area contributed by atoms with E-state index in [9.17, 15) is 13.2 Å². The molecule has 21 heavy (non-hydrogen) atoms. The Kier molecular flexibility index (Phi) is 5.00. The zero-order chi connectivity index (χ0) is 15.5. The molecule has 0 saturated carbocycles. The van der Waals surface area contributed by atoms with Crippen LogP contribution in [0, 0.1) is 13.8 Å². The Hall–Kier alpha value is -1.40. The fourth-order valence-corrected chi connectivity index (χ4v) is 4.01. The number of carbonyl (C=O) groups excluding carboxylic acids is 1. The van der Waals surface area contributed by atoms with Gasteiger partial charge in [0.1, 0.15) is 0 Å². The number of aryl methyl sites for hydroxylation is 2. The summed E-state index contributed by atoms with van der Waals surface area (Å²) in [6.45, 7) is 4.69. The number of hydrogen-bond donors (Lipinski definition) is 1. The molecule has 0 spiro atoms. The molecule has 1 aliphatic rings. The summed E-state index contributed by atoms with van der Waals surface area (Å²) in [5.74, 6) is 0.0514. The van der Waals surface area contributed by atoms with Gasteiger partial charge < -0.3 is 5.32 Å². The van der Waals surface area contributed by atoms with E-state index in [1.165, 1.54) is 4.31 Å². The lowest BCUT2D eigenvalue weighted by molar-refractivity contribution is -0.116. The molecule has 116 valence electrons. The third kappa shape index (κ3) is 4.28. The van der Waals surface area contributed by atoms with E-state index in [-0.39, 0.29) is 24.6 Å². The van der Waals surface area contributed by atoms with Crippen molar-refractivity contribution in [3.63, 3.8) is 0 Å². The zero-order valence-electron chi connectivity index (χ0n) is 12.6. The van der Waals surface area contributed by atoms with Crippen molar-refractivity contribution < 1.29 is 13.2 Å². The lowest BCUT2D eigenvalue weighted by Gasteiger charge is -2.25. The van der Waals surface area contributed by atoms with Gasteiger partial charge in [-0.05, 0) is 43.9 Å². The number of nitrogens with one attached hydrogen (secondary N) is 1. The molecule has 0 unspecified atom stereocenters. The minimum Gasteiger partial charge on any atom is -0.326 e. The number of rotatable bonds is 4. The van der Waals surface area contributed by atoms with Crippen molar-refractivity contribution in [3.8, 4) is 0 Å². The van der Waals surface area contributed by atoms with Crippen molar-refractivity contribution in [1.82, 2.24) is 4.31 Å². The number of amides is 1. The molecule has 1 aromatic carbocycles. The van der Waals surface area contributed by atoms with Crippen LogP contribution in [0.15, 0.2) is 18.2 Å². The Labute approximate surface area is 126 Å². The summed E-state index contributed by atoms with van der Waals surface area (Å²) in [5.41, 5.74) is 2.87. The standard InChI is InChI=1S/C15H22N2O3S/c1-12-5-6-13(2)14(11-12)16-15(18)7-9-17-8-3-4-10-21(17,19)20/h5-6,11H,3-4,7-10H2,1-2H3,(H,16,18). The fourth-order valence-electron chi connectivity index (χ4n) is 2.40. The number of carbonyl (C=O) groups is 1. The molecule has 1 N–H and O–H groups in total. The fraction of sp³-hybridized carbons (Fsp3) is 0.533. The minimum atomic E-state index is -3.15. The highest BCUT2D eigenvalue weighted by Gasteiger charge is 2.25. The van der Waals surface area contributed by atoms with Gasteiger partial charge in [-0.3, -0.25) is 4.79 Å². The minimum absolute atomic E-state index is 0.149. The first kappa shape index (κ1) is 16.0. The second-order valence-corrected chi connectivity index (χ2v) is 7.63. The van der Waals surface area contributed by atoms with Crippen molar-refractivity contribution >= 4 is 21.6 Å². The molecule has 0 aliphatic carbocycles. The van der Waals surface area contributed by atoms with E-state index in [2.05, 4.69) is 5.32 Å². The maximum absolute atomic E-state index is 12.0. The van der Waals surface area contributed by atoms with Crippen LogP contribution < -0.4 is 5.32 Å². The van der Waals surface area contributed by atoms with Gasteiger partial charge in [0.05, 0.1) is 5.75 Å². The Morgan fingerprint density at radius 1 is 1.29 bits per heavy atom. The van der Waals surface area contributed by atoms with E-state index in [1.807, 2.05) is 32.0 Å². The van der Waals surface area contributed by atoms with Gasteiger partial charge in [0.25, 0.3) is 0 Å². The van der Waals surface area contributed by atoms with Crippen LogP contribution in [0.1, 0.15) is 30.4 Å². The summed E-state index contributed by atoms with van der Waals surface area (Å²) in [6, 6.07) is 5.87. The van der Waals surface area contributed by atoms with Crippen LogP contribution in [0.5, 0.6) is 0 Å². The highest BCUT2D eigenvalue weighted by Crippen LogP contribution is 2.17. The first-order chi connectivity index (χ1) is 9.88. The predicted molar refractivity (Wildman–Crippen MR) is 83.8 cm³/mol. The van der Waals surface area contributed by atoms with Crippen molar-refractivity contribution in [3.05, 3.63) is 29.3 Å². The Bertz CT molecular complexity index is 626. The largest absolute Gasteiger partial charge is 0.326 e. The number of sulfonamides is 1. The summed E-state index contributed by atoms with van der Waals surface area (Å²) in [6.07, 6.45) is 1.78. The molecule has 1 heterocycles. The molecule has 1 aliphatic heterocycles. The molecule has 0 aromatic heterocycles. The average molecular weight is 310 g/mol. The Morgan fingerprint density at radius 3 is 2.76 bits per heavy atom. The highest BCUT2D eigenvalue weighted by atomic mass is 32.2. The van der Waals surface area contributed by atoms with Crippen molar-refractivity contribution in [2.45, 2.75) is 33.1 Å². The van der Waals surface area contributed by atoms with Gasteiger partial charge in [-0.1, -0.05) is 12.1 Å². The van der Waals surface area contributed by atoms with Crippen molar-refractivity contribution in [2.75, 3.05) is 24.2 Å². The predicted octanol–water partition coefficient (Wildman–Crippen LogP) is 2.06. The lowest BCUT2D eigenvalue weighted by Crippen LogP contribution is -2.39. The normalized spacial score (nSPS) is 18.4. The maximum atomic E-state index is 12.0. The summed E-state index contributed by atoms with van der Waals surface area (Å²) in [7, 11) is -3.15. The molecule has 0 atom stereocenters. The molecule has 0 radical (unpaired) electrons. The Morgan fingerprint density at radius 2 is 2.05 bits per heavy atom. The topological polar surface area (TPSA) is 66.5 Å². The molecular formula is C15H22N2O3S. The van der Waals surface area contributed by atoms with Crippen LogP contribution >= 0.6 is 0 Å². The van der Waals surface area contributed by atoms with E-state index < -0.39 is 10.0 Å². The number of nitrogens with zero attached hydrogens (tertiary/aromatic N) is 1. The molecule has 1 saturated heterocycles. The van der Waals surface area contributed by atoms with Gasteiger partial charge in [0.2, 0.25) is 15.9 Å². The van der Waals surface area contributed by atoms with Gasteiger partial charge >= 0.3 is 0 Å². The molecule has 1 amide bonds. The van der Waals surface area contributed by atoms with Crippen LogP contribution in [0.2, 0.25) is 0 Å². The van der Waals surface area contributed by atoms with Gasteiger partial charge in [0, 0.05) is 25.2 Å². The summed E-state index contributed by atoms with van der Waals surface area (Å²) in [5, 5.41) is 2.86. The second kappa shape index (κ2) is 6.58. The quantitative estimate of drug-likeness (QED) is 0.925. The van der Waals surface area contributed by atoms with E-state index in [0.717, 1.165) is 23.2 Å². The third-order valence-electron chi connectivity index (χ3n) is 3.71. The molecular weight excluding hydrogens is 288 g/mol. The third-order valence-corrected chi connectivity index (χ3v) is 5.67. The number of hydrogen-bond acceptors (Lipinski definition) is 3. The second-order valence-electron chi connectivity index (χ2n) is 5.54. The van der Waals surface area contributed by atoms with Crippen LogP contribution in [0.25, 0.3) is 0 Å². The monoisotopic (exact) mass is 310 g/mol. The number of benzene rings is 1. The Balaban J connectivity index is 1.92. The molecule has 1 aromatic rings. The van der Waals surface area contributed by atoms with Gasteiger partial charge in [-0.2, -0.15) is 0 Å². The lowest BCUT2D eigenvalue weighted by atomic mass is 10.1. The van der Waals surface area contributed by atoms with Crippen LogP contribution in [-0.2, 0) is 14.8 Å². The molecule has 1 fully saturated rings. The van der Waals surface area contributed by atoms with Crippen LogP contribution in [-0.4, -0.2) is 37.5 Å². The van der Waals surface area contributed by atoms with Crippen molar-refractivity contribution in [2.24, 2.45) is 0 Å². The molecule has 2 rings (SSSR count). The number of anilines is 1. The van der Waals surface area contributed by atoms with Crippen molar-refractivity contribution in [1.29, 1.82) is 0 Å². The molecule has 6 heteroatoms. The molecule has 5 nitrogen and oxygen atoms in total. The average Bonchev–Trinajstić information content (AvgIpc) is 2.41. The zero-order valence-corrected chi connectivity index (χ0v) is 13.4. The summed E-state index contributed by atoms with van der Waals surface area (Å²) >= 11 is 0. The summed E-state index contributed by atoms with van der Waals surface area (Å²) in [4.78, 5) is 12.0. The first-order valence-corrected chi connectivity index (χ1v) is 8.84. The highest BCUT2D eigenvalue weighted by molar-refractivity contribution is 7.89.